The standard InChI is InChI=1S/C18H20FNO3/c1-12-4-6-14(11-15(12)19)18(21)20-9-8-13-5-7-16(22-2)17(10-13)23-3/h4-7,10-11H,8-9H2,1-3H3,(H,20,21). The van der Waals surface area contributed by atoms with E-state index in [-0.39, 0.29) is 11.7 Å². The summed E-state index contributed by atoms with van der Waals surface area (Å²) >= 11 is 0. The minimum atomic E-state index is -0.377. The maximum absolute atomic E-state index is 13.5. The van der Waals surface area contributed by atoms with E-state index in [2.05, 4.69) is 5.32 Å². The monoisotopic (exact) mass is 317 g/mol. The van der Waals surface area contributed by atoms with Gasteiger partial charge in [0.2, 0.25) is 0 Å². The minimum absolute atomic E-state index is 0.288. The van der Waals surface area contributed by atoms with Gasteiger partial charge in [-0.25, -0.2) is 4.39 Å². The van der Waals surface area contributed by atoms with E-state index in [4.69, 9.17) is 9.47 Å². The number of methoxy groups -OCH3 is 2. The molecule has 4 nitrogen and oxygen atoms in total. The van der Waals surface area contributed by atoms with Gasteiger partial charge in [-0.15, -0.1) is 0 Å². The molecule has 1 amide bonds. The Morgan fingerprint density at radius 1 is 1.09 bits per heavy atom. The van der Waals surface area contributed by atoms with Crippen LogP contribution >= 0.6 is 0 Å². The molecular formula is C18H20FNO3. The third-order valence-corrected chi connectivity index (χ3v) is 3.58. The van der Waals surface area contributed by atoms with E-state index in [1.807, 2.05) is 18.2 Å². The Morgan fingerprint density at radius 2 is 1.83 bits per heavy atom. The van der Waals surface area contributed by atoms with Gasteiger partial charge in [0, 0.05) is 12.1 Å². The molecule has 0 unspecified atom stereocenters. The molecule has 1 N–H and O–H groups in total. The van der Waals surface area contributed by atoms with Gasteiger partial charge in [0.1, 0.15) is 5.82 Å². The summed E-state index contributed by atoms with van der Waals surface area (Å²) in [4.78, 5) is 12.0. The average Bonchev–Trinajstić information content (AvgIpc) is 2.57. The number of carbonyl (C=O) groups is 1. The van der Waals surface area contributed by atoms with Gasteiger partial charge < -0.3 is 14.8 Å². The summed E-state index contributed by atoms with van der Waals surface area (Å²) in [5, 5.41) is 2.78. The van der Waals surface area contributed by atoms with Gasteiger partial charge in [-0.2, -0.15) is 0 Å². The Hall–Kier alpha value is -2.56. The topological polar surface area (TPSA) is 47.6 Å². The van der Waals surface area contributed by atoms with Crippen LogP contribution in [-0.2, 0) is 6.42 Å². The molecule has 0 bridgehead atoms. The first-order chi connectivity index (χ1) is 11.0. The summed E-state index contributed by atoms with van der Waals surface area (Å²) in [7, 11) is 3.16. The molecule has 2 rings (SSSR count). The number of nitrogens with one attached hydrogen (secondary N) is 1. The summed E-state index contributed by atoms with van der Waals surface area (Å²) in [5.74, 6) is 0.647. The van der Waals surface area contributed by atoms with Gasteiger partial charge in [-0.05, 0) is 48.7 Å². The molecule has 5 heteroatoms. The number of carbonyl (C=O) groups excluding carboxylic acids is 1. The smallest absolute Gasteiger partial charge is 0.251 e. The van der Waals surface area contributed by atoms with E-state index < -0.39 is 0 Å². The third-order valence-electron chi connectivity index (χ3n) is 3.58. The summed E-state index contributed by atoms with van der Waals surface area (Å²) in [5.41, 5.74) is 1.85. The van der Waals surface area contributed by atoms with E-state index in [9.17, 15) is 9.18 Å². The summed E-state index contributed by atoms with van der Waals surface area (Å²) < 4.78 is 23.9. The average molecular weight is 317 g/mol. The van der Waals surface area contributed by atoms with Crippen LogP contribution in [0.5, 0.6) is 11.5 Å². The van der Waals surface area contributed by atoms with E-state index in [1.54, 1.807) is 33.3 Å². The fourth-order valence-electron chi connectivity index (χ4n) is 2.19. The maximum Gasteiger partial charge on any atom is 0.251 e. The molecule has 0 aliphatic heterocycles. The Bertz CT molecular complexity index is 701. The van der Waals surface area contributed by atoms with Gasteiger partial charge in [0.05, 0.1) is 14.2 Å². The van der Waals surface area contributed by atoms with Crippen molar-refractivity contribution >= 4 is 5.91 Å². The highest BCUT2D eigenvalue weighted by Gasteiger charge is 2.08. The second kappa shape index (κ2) is 7.63. The fraction of sp³-hybridized carbons (Fsp3) is 0.278. The quantitative estimate of drug-likeness (QED) is 0.890. The molecule has 0 spiro atoms. The summed E-state index contributed by atoms with van der Waals surface area (Å²) in [6.45, 7) is 2.11. The highest BCUT2D eigenvalue weighted by Crippen LogP contribution is 2.27. The number of hydrogen-bond donors (Lipinski definition) is 1. The van der Waals surface area contributed by atoms with E-state index in [1.165, 1.54) is 6.07 Å². The van der Waals surface area contributed by atoms with Crippen molar-refractivity contribution in [3.8, 4) is 11.5 Å². The molecule has 2 aromatic rings. The number of rotatable bonds is 6. The number of aryl methyl sites for hydroxylation is 1. The first-order valence-corrected chi connectivity index (χ1v) is 7.30. The Kier molecular flexibility index (Phi) is 5.57. The molecule has 0 aromatic heterocycles. The largest absolute Gasteiger partial charge is 0.493 e. The molecule has 0 radical (unpaired) electrons. The van der Waals surface area contributed by atoms with Gasteiger partial charge in [-0.3, -0.25) is 4.79 Å². The predicted octanol–water partition coefficient (Wildman–Crippen LogP) is 3.12. The van der Waals surface area contributed by atoms with Crippen molar-refractivity contribution in [2.24, 2.45) is 0 Å². The molecule has 0 aliphatic carbocycles. The van der Waals surface area contributed by atoms with Crippen LogP contribution in [0.25, 0.3) is 0 Å². The lowest BCUT2D eigenvalue weighted by Crippen LogP contribution is -2.25. The zero-order valence-electron chi connectivity index (χ0n) is 13.5. The Morgan fingerprint density at radius 3 is 2.48 bits per heavy atom. The van der Waals surface area contributed by atoms with Gasteiger partial charge in [0.25, 0.3) is 5.91 Å². The van der Waals surface area contributed by atoms with Crippen LogP contribution < -0.4 is 14.8 Å². The van der Waals surface area contributed by atoms with Crippen LogP contribution in [0.15, 0.2) is 36.4 Å². The van der Waals surface area contributed by atoms with Gasteiger partial charge >= 0.3 is 0 Å². The zero-order valence-corrected chi connectivity index (χ0v) is 13.5. The SMILES string of the molecule is COc1ccc(CCNC(=O)c2ccc(C)c(F)c2)cc1OC. The number of amides is 1. The normalized spacial score (nSPS) is 10.3. The lowest BCUT2D eigenvalue weighted by molar-refractivity contribution is 0.0953. The van der Waals surface area contributed by atoms with Gasteiger partial charge in [0.15, 0.2) is 11.5 Å². The van der Waals surface area contributed by atoms with Crippen molar-refractivity contribution in [2.45, 2.75) is 13.3 Å². The lowest BCUT2D eigenvalue weighted by atomic mass is 10.1. The lowest BCUT2D eigenvalue weighted by Gasteiger charge is -2.10. The van der Waals surface area contributed by atoms with Crippen molar-refractivity contribution in [1.82, 2.24) is 5.32 Å². The van der Waals surface area contributed by atoms with E-state index in [0.717, 1.165) is 5.56 Å². The molecule has 0 atom stereocenters. The predicted molar refractivity (Wildman–Crippen MR) is 86.7 cm³/mol. The first-order valence-electron chi connectivity index (χ1n) is 7.30. The van der Waals surface area contributed by atoms with Gasteiger partial charge in [-0.1, -0.05) is 12.1 Å². The minimum Gasteiger partial charge on any atom is -0.493 e. The molecule has 23 heavy (non-hydrogen) atoms. The third kappa shape index (κ3) is 4.22. The molecule has 0 saturated carbocycles. The van der Waals surface area contributed by atoms with E-state index in [0.29, 0.717) is 35.6 Å². The van der Waals surface area contributed by atoms with Crippen LogP contribution in [0.1, 0.15) is 21.5 Å². The van der Waals surface area contributed by atoms with Crippen LogP contribution in [0.2, 0.25) is 0 Å². The molecule has 2 aromatic carbocycles. The number of hydrogen-bond acceptors (Lipinski definition) is 3. The highest BCUT2D eigenvalue weighted by atomic mass is 19.1. The molecule has 0 aliphatic rings. The van der Waals surface area contributed by atoms with Crippen molar-refractivity contribution in [3.05, 3.63) is 58.9 Å². The van der Waals surface area contributed by atoms with Crippen molar-refractivity contribution < 1.29 is 18.7 Å². The second-order valence-electron chi connectivity index (χ2n) is 5.16. The summed E-state index contributed by atoms with van der Waals surface area (Å²) in [6.07, 6.45) is 0.639. The van der Waals surface area contributed by atoms with E-state index >= 15 is 0 Å². The van der Waals surface area contributed by atoms with Crippen molar-refractivity contribution in [1.29, 1.82) is 0 Å². The summed E-state index contributed by atoms with van der Waals surface area (Å²) in [6, 6.07) is 10.1. The van der Waals surface area contributed by atoms with Crippen molar-refractivity contribution in [3.63, 3.8) is 0 Å². The number of ether oxygens (including phenoxy) is 2. The van der Waals surface area contributed by atoms with Crippen LogP contribution in [-0.4, -0.2) is 26.7 Å². The first kappa shape index (κ1) is 16.8. The molecule has 0 saturated heterocycles. The zero-order chi connectivity index (χ0) is 16.8. The van der Waals surface area contributed by atoms with Crippen LogP contribution in [0, 0.1) is 12.7 Å². The Labute approximate surface area is 135 Å². The maximum atomic E-state index is 13.5. The molecule has 0 fully saturated rings. The van der Waals surface area contributed by atoms with Crippen LogP contribution in [0.3, 0.4) is 0 Å². The van der Waals surface area contributed by atoms with Crippen LogP contribution in [0.4, 0.5) is 4.39 Å². The highest BCUT2D eigenvalue weighted by molar-refractivity contribution is 5.94. The molecule has 0 heterocycles. The van der Waals surface area contributed by atoms with Crippen molar-refractivity contribution in [2.75, 3.05) is 20.8 Å². The fourth-order valence-corrected chi connectivity index (χ4v) is 2.19. The molecular weight excluding hydrogens is 297 g/mol. The number of halogens is 1. The number of benzene rings is 2. The Balaban J connectivity index is 1.94. The second-order valence-corrected chi connectivity index (χ2v) is 5.16. The molecule has 122 valence electrons.